The number of rotatable bonds is 5. The second kappa shape index (κ2) is 8.04. The van der Waals surface area contributed by atoms with Crippen LogP contribution in [0.5, 0.6) is 0 Å². The molecule has 0 spiro atoms. The number of hydrogen-bond acceptors (Lipinski definition) is 4. The Kier molecular flexibility index (Phi) is 6.44. The molecule has 1 aromatic carbocycles. The Morgan fingerprint density at radius 2 is 1.69 bits per heavy atom. The van der Waals surface area contributed by atoms with E-state index in [0.29, 0.717) is 0 Å². The highest BCUT2D eigenvalue weighted by Crippen LogP contribution is 2.22. The van der Waals surface area contributed by atoms with E-state index in [1.165, 1.54) is 11.4 Å². The highest BCUT2D eigenvalue weighted by Gasteiger charge is 2.34. The average Bonchev–Trinajstić information content (AvgIpc) is 2.49. The van der Waals surface area contributed by atoms with Gasteiger partial charge in [0.05, 0.1) is 18.8 Å². The number of amides is 1. The maximum absolute atomic E-state index is 12.8. The van der Waals surface area contributed by atoms with Gasteiger partial charge in [0.15, 0.2) is 0 Å². The number of ether oxygens (including phenoxy) is 1. The highest BCUT2D eigenvalue weighted by molar-refractivity contribution is 7.86. The minimum atomic E-state index is -3.72. The predicted molar refractivity (Wildman–Crippen MR) is 102 cm³/mol. The minimum Gasteiger partial charge on any atom is -0.373 e. The van der Waals surface area contributed by atoms with E-state index in [4.69, 9.17) is 4.74 Å². The number of carbonyl (C=O) groups is 1. The van der Waals surface area contributed by atoms with Gasteiger partial charge in [0.2, 0.25) is 5.91 Å². The van der Waals surface area contributed by atoms with E-state index in [2.05, 4.69) is 5.32 Å². The number of likely N-dealkylation sites (N-methyl/N-ethyl adjacent to an activating group) is 1. The molecule has 1 N–H and O–H groups in total. The van der Waals surface area contributed by atoms with Gasteiger partial charge in [0, 0.05) is 25.8 Å². The molecule has 7 nitrogen and oxygen atoms in total. The van der Waals surface area contributed by atoms with Crippen molar-refractivity contribution in [3.8, 4) is 0 Å². The number of aryl methyl sites for hydroxylation is 3. The number of morpholine rings is 1. The summed E-state index contributed by atoms with van der Waals surface area (Å²) < 4.78 is 33.6. The lowest BCUT2D eigenvalue weighted by molar-refractivity contribution is -0.116. The Hall–Kier alpha value is -1.48. The number of hydrogen-bond donors (Lipinski definition) is 1. The Balaban J connectivity index is 2.06. The molecule has 1 fully saturated rings. The zero-order chi connectivity index (χ0) is 19.6. The Labute approximate surface area is 156 Å². The second-order valence-corrected chi connectivity index (χ2v) is 9.20. The van der Waals surface area contributed by atoms with E-state index in [0.717, 1.165) is 26.7 Å². The normalized spacial score (nSPS) is 21.8. The van der Waals surface area contributed by atoms with E-state index in [1.807, 2.05) is 46.8 Å². The Morgan fingerprint density at radius 3 is 2.19 bits per heavy atom. The fraction of sp³-hybridized carbons (Fsp3) is 0.611. The maximum atomic E-state index is 12.8. The summed E-state index contributed by atoms with van der Waals surface area (Å²) in [5.74, 6) is -0.361. The van der Waals surface area contributed by atoms with Gasteiger partial charge in [-0.05, 0) is 45.7 Å². The third kappa shape index (κ3) is 4.82. The second-order valence-electron chi connectivity index (χ2n) is 7.16. The maximum Gasteiger partial charge on any atom is 0.282 e. The summed E-state index contributed by atoms with van der Waals surface area (Å²) in [6, 6.07) is 3.97. The highest BCUT2D eigenvalue weighted by atomic mass is 32.2. The summed E-state index contributed by atoms with van der Waals surface area (Å²) in [6.45, 7) is 9.86. The molecule has 1 amide bonds. The molecule has 26 heavy (non-hydrogen) atoms. The molecule has 0 bridgehead atoms. The van der Waals surface area contributed by atoms with Gasteiger partial charge in [-0.2, -0.15) is 17.0 Å². The van der Waals surface area contributed by atoms with Crippen LogP contribution < -0.4 is 5.32 Å². The van der Waals surface area contributed by atoms with Crippen molar-refractivity contribution in [2.24, 2.45) is 0 Å². The smallest absolute Gasteiger partial charge is 0.282 e. The molecule has 2 rings (SSSR count). The molecule has 146 valence electrons. The molecular formula is C18H29N3O4S. The molecule has 2 atom stereocenters. The summed E-state index contributed by atoms with van der Waals surface area (Å²) in [4.78, 5) is 12.4. The van der Waals surface area contributed by atoms with Gasteiger partial charge in [0.1, 0.15) is 0 Å². The SMILES string of the molecule is Cc1cc(C)c(NC(=O)CN(C)S(=O)(=O)N2CC(C)OC(C)C2)c(C)c1. The van der Waals surface area contributed by atoms with Crippen LogP contribution >= 0.6 is 0 Å². The number of benzene rings is 1. The first-order valence-electron chi connectivity index (χ1n) is 8.75. The first kappa shape index (κ1) is 20.8. The van der Waals surface area contributed by atoms with E-state index < -0.39 is 10.2 Å². The van der Waals surface area contributed by atoms with Gasteiger partial charge in [-0.15, -0.1) is 0 Å². The molecule has 8 heteroatoms. The van der Waals surface area contributed by atoms with E-state index in [9.17, 15) is 13.2 Å². The molecule has 0 aliphatic carbocycles. The molecule has 0 saturated carbocycles. The molecule has 1 aliphatic rings. The topological polar surface area (TPSA) is 79.0 Å². The fourth-order valence-electron chi connectivity index (χ4n) is 3.36. The van der Waals surface area contributed by atoms with Gasteiger partial charge in [0.25, 0.3) is 10.2 Å². The average molecular weight is 384 g/mol. The van der Waals surface area contributed by atoms with Gasteiger partial charge < -0.3 is 10.1 Å². The summed E-state index contributed by atoms with van der Waals surface area (Å²) in [7, 11) is -2.29. The van der Waals surface area contributed by atoms with Crippen molar-refractivity contribution in [1.29, 1.82) is 0 Å². The van der Waals surface area contributed by atoms with Crippen molar-refractivity contribution in [2.45, 2.75) is 46.8 Å². The molecule has 1 aliphatic heterocycles. The molecule has 2 unspecified atom stereocenters. The number of carbonyl (C=O) groups excluding carboxylic acids is 1. The summed E-state index contributed by atoms with van der Waals surface area (Å²) in [6.07, 6.45) is -0.345. The van der Waals surface area contributed by atoms with E-state index in [-0.39, 0.29) is 37.7 Å². The van der Waals surface area contributed by atoms with Gasteiger partial charge in [-0.25, -0.2) is 0 Å². The lowest BCUT2D eigenvalue weighted by Crippen LogP contribution is -2.53. The third-order valence-electron chi connectivity index (χ3n) is 4.41. The molecule has 0 radical (unpaired) electrons. The van der Waals surface area contributed by atoms with Gasteiger partial charge in [-0.1, -0.05) is 17.7 Å². The first-order chi connectivity index (χ1) is 12.0. The molecule has 1 aromatic rings. The Morgan fingerprint density at radius 1 is 1.19 bits per heavy atom. The van der Waals surface area contributed by atoms with Crippen molar-refractivity contribution in [1.82, 2.24) is 8.61 Å². The standard InChI is InChI=1S/C18H29N3O4S/c1-12-7-13(2)18(14(3)8-12)19-17(22)11-20(6)26(23,24)21-9-15(4)25-16(5)10-21/h7-8,15-16H,9-11H2,1-6H3,(H,19,22). The van der Waals surface area contributed by atoms with Crippen molar-refractivity contribution in [3.05, 3.63) is 28.8 Å². The van der Waals surface area contributed by atoms with Gasteiger partial charge in [-0.3, -0.25) is 4.79 Å². The number of nitrogens with zero attached hydrogens (tertiary/aromatic N) is 2. The third-order valence-corrected chi connectivity index (χ3v) is 6.28. The fourth-order valence-corrected chi connectivity index (χ4v) is 4.83. The van der Waals surface area contributed by atoms with Crippen LogP contribution in [0.2, 0.25) is 0 Å². The summed E-state index contributed by atoms with van der Waals surface area (Å²) >= 11 is 0. The largest absolute Gasteiger partial charge is 0.373 e. The van der Waals surface area contributed by atoms with Crippen molar-refractivity contribution in [3.63, 3.8) is 0 Å². The predicted octanol–water partition coefficient (Wildman–Crippen LogP) is 1.84. The van der Waals surface area contributed by atoms with Crippen molar-refractivity contribution < 1.29 is 17.9 Å². The van der Waals surface area contributed by atoms with Crippen molar-refractivity contribution >= 4 is 21.8 Å². The number of anilines is 1. The van der Waals surface area contributed by atoms with Crippen LogP contribution in [0.15, 0.2) is 12.1 Å². The van der Waals surface area contributed by atoms with Crippen LogP contribution in [0.4, 0.5) is 5.69 Å². The zero-order valence-corrected chi connectivity index (χ0v) is 17.2. The Bertz CT molecular complexity index is 746. The number of nitrogens with one attached hydrogen (secondary N) is 1. The van der Waals surface area contributed by atoms with Crippen molar-refractivity contribution in [2.75, 3.05) is 32.0 Å². The van der Waals surface area contributed by atoms with Crippen LogP contribution in [-0.4, -0.2) is 61.8 Å². The summed E-state index contributed by atoms with van der Waals surface area (Å²) in [5, 5.41) is 2.84. The van der Waals surface area contributed by atoms with E-state index >= 15 is 0 Å². The molecule has 1 saturated heterocycles. The molecule has 0 aromatic heterocycles. The molecule has 1 heterocycles. The minimum absolute atomic E-state index is 0.173. The van der Waals surface area contributed by atoms with Crippen LogP contribution in [0.3, 0.4) is 0 Å². The van der Waals surface area contributed by atoms with Crippen LogP contribution in [0.1, 0.15) is 30.5 Å². The van der Waals surface area contributed by atoms with E-state index in [1.54, 1.807) is 0 Å². The monoisotopic (exact) mass is 383 g/mol. The van der Waals surface area contributed by atoms with Crippen LogP contribution in [-0.2, 0) is 19.7 Å². The lowest BCUT2D eigenvalue weighted by atomic mass is 10.1. The first-order valence-corrected chi connectivity index (χ1v) is 10.1. The van der Waals surface area contributed by atoms with Gasteiger partial charge >= 0.3 is 0 Å². The van der Waals surface area contributed by atoms with Crippen LogP contribution in [0, 0.1) is 20.8 Å². The zero-order valence-electron chi connectivity index (χ0n) is 16.4. The van der Waals surface area contributed by atoms with Crippen LogP contribution in [0.25, 0.3) is 0 Å². The quantitative estimate of drug-likeness (QED) is 0.841. The molecular weight excluding hydrogens is 354 g/mol. The lowest BCUT2D eigenvalue weighted by Gasteiger charge is -2.36. The summed E-state index contributed by atoms with van der Waals surface area (Å²) in [5.41, 5.74) is 3.77.